The second-order valence-electron chi connectivity index (χ2n) is 4.60. The molecule has 0 aliphatic heterocycles. The van der Waals surface area contributed by atoms with E-state index in [1.165, 1.54) is 5.56 Å². The number of aromatic nitrogens is 1. The van der Waals surface area contributed by atoms with Gasteiger partial charge in [-0.1, -0.05) is 60.7 Å². The first-order chi connectivity index (χ1) is 9.34. The smallest absolute Gasteiger partial charge is 0.0717 e. The molecule has 1 heterocycles. The van der Waals surface area contributed by atoms with Crippen LogP contribution in [-0.2, 0) is 6.54 Å². The molecule has 2 aromatic carbocycles. The van der Waals surface area contributed by atoms with Gasteiger partial charge in [0.15, 0.2) is 0 Å². The zero-order valence-electron chi connectivity index (χ0n) is 10.7. The van der Waals surface area contributed by atoms with Crippen LogP contribution in [0.25, 0.3) is 11.3 Å². The lowest BCUT2D eigenvalue weighted by atomic mass is 10.1. The van der Waals surface area contributed by atoms with Gasteiger partial charge in [-0.2, -0.15) is 0 Å². The molecule has 3 aromatic rings. The Kier molecular flexibility index (Phi) is 3.07. The Morgan fingerprint density at radius 1 is 0.789 bits per heavy atom. The largest absolute Gasteiger partial charge is 0.397 e. The molecule has 94 valence electrons. The predicted octanol–water partition coefficient (Wildman–Crippen LogP) is 3.79. The highest BCUT2D eigenvalue weighted by atomic mass is 15.0. The zero-order chi connectivity index (χ0) is 13.1. The summed E-state index contributed by atoms with van der Waals surface area (Å²) in [6.07, 6.45) is 2.05. The SMILES string of the molecule is Nc1ccn(Cc2ccccc2)c1-c1ccccc1. The molecule has 2 heteroatoms. The Bertz CT molecular complexity index is 654. The number of hydrogen-bond donors (Lipinski definition) is 1. The minimum atomic E-state index is 0.821. The highest BCUT2D eigenvalue weighted by Crippen LogP contribution is 2.27. The van der Waals surface area contributed by atoms with Crippen molar-refractivity contribution in [3.05, 3.63) is 78.5 Å². The van der Waals surface area contributed by atoms with Gasteiger partial charge in [0.1, 0.15) is 0 Å². The molecule has 0 unspecified atom stereocenters. The van der Waals surface area contributed by atoms with Crippen molar-refractivity contribution >= 4 is 5.69 Å². The van der Waals surface area contributed by atoms with E-state index in [1.54, 1.807) is 0 Å². The lowest BCUT2D eigenvalue weighted by molar-refractivity contribution is 0.815. The first-order valence-electron chi connectivity index (χ1n) is 6.38. The lowest BCUT2D eigenvalue weighted by Crippen LogP contribution is -2.01. The van der Waals surface area contributed by atoms with E-state index in [-0.39, 0.29) is 0 Å². The summed E-state index contributed by atoms with van der Waals surface area (Å²) in [5.74, 6) is 0. The third kappa shape index (κ3) is 2.38. The number of nitrogens with zero attached hydrogens (tertiary/aromatic N) is 1. The standard InChI is InChI=1S/C17H16N2/c18-16-11-12-19(13-14-7-3-1-4-8-14)17(16)15-9-5-2-6-10-15/h1-12H,13,18H2. The first-order valence-corrected chi connectivity index (χ1v) is 6.38. The molecule has 0 atom stereocenters. The van der Waals surface area contributed by atoms with Crippen molar-refractivity contribution in [2.75, 3.05) is 5.73 Å². The Hall–Kier alpha value is -2.48. The average Bonchev–Trinajstić information content (AvgIpc) is 2.82. The number of nitrogen functional groups attached to an aromatic ring is 1. The molecule has 1 aromatic heterocycles. The average molecular weight is 248 g/mol. The van der Waals surface area contributed by atoms with Gasteiger partial charge < -0.3 is 10.3 Å². The van der Waals surface area contributed by atoms with Crippen LogP contribution in [0.15, 0.2) is 72.9 Å². The second-order valence-corrected chi connectivity index (χ2v) is 4.60. The molecule has 2 nitrogen and oxygen atoms in total. The molecule has 0 bridgehead atoms. The number of benzene rings is 2. The van der Waals surface area contributed by atoms with Crippen LogP contribution in [-0.4, -0.2) is 4.57 Å². The van der Waals surface area contributed by atoms with Crippen LogP contribution in [0.4, 0.5) is 5.69 Å². The Labute approximate surface area is 113 Å². The summed E-state index contributed by atoms with van der Waals surface area (Å²) in [5, 5.41) is 0. The van der Waals surface area contributed by atoms with E-state index in [1.807, 2.05) is 36.5 Å². The van der Waals surface area contributed by atoms with Crippen molar-refractivity contribution in [3.63, 3.8) is 0 Å². The summed E-state index contributed by atoms with van der Waals surface area (Å²) in [4.78, 5) is 0. The summed E-state index contributed by atoms with van der Waals surface area (Å²) in [5.41, 5.74) is 10.4. The molecule has 0 saturated heterocycles. The maximum absolute atomic E-state index is 6.11. The molecule has 0 radical (unpaired) electrons. The van der Waals surface area contributed by atoms with Gasteiger partial charge in [0.25, 0.3) is 0 Å². The van der Waals surface area contributed by atoms with Crippen LogP contribution in [0.5, 0.6) is 0 Å². The van der Waals surface area contributed by atoms with Crippen LogP contribution in [0.2, 0.25) is 0 Å². The predicted molar refractivity (Wildman–Crippen MR) is 79.8 cm³/mol. The summed E-state index contributed by atoms with van der Waals surface area (Å²) < 4.78 is 2.19. The molecular formula is C17H16N2. The molecule has 0 saturated carbocycles. The fourth-order valence-corrected chi connectivity index (χ4v) is 2.33. The maximum Gasteiger partial charge on any atom is 0.0717 e. The molecule has 0 aliphatic carbocycles. The van der Waals surface area contributed by atoms with Crippen LogP contribution in [0.1, 0.15) is 5.56 Å². The summed E-state index contributed by atoms with van der Waals surface area (Å²) in [7, 11) is 0. The van der Waals surface area contributed by atoms with Gasteiger partial charge in [-0.3, -0.25) is 0 Å². The molecular weight excluding hydrogens is 232 g/mol. The van der Waals surface area contributed by atoms with Gasteiger partial charge in [-0.15, -0.1) is 0 Å². The normalized spacial score (nSPS) is 10.5. The quantitative estimate of drug-likeness (QED) is 0.751. The lowest BCUT2D eigenvalue weighted by Gasteiger charge is -2.10. The van der Waals surface area contributed by atoms with Crippen LogP contribution < -0.4 is 5.73 Å². The van der Waals surface area contributed by atoms with Gasteiger partial charge >= 0.3 is 0 Å². The minimum absolute atomic E-state index is 0.821. The van der Waals surface area contributed by atoms with Crippen molar-refractivity contribution in [2.24, 2.45) is 0 Å². The number of anilines is 1. The second kappa shape index (κ2) is 5.02. The molecule has 0 amide bonds. The van der Waals surface area contributed by atoms with Crippen LogP contribution in [0.3, 0.4) is 0 Å². The number of nitrogens with two attached hydrogens (primary N) is 1. The zero-order valence-corrected chi connectivity index (χ0v) is 10.7. The fourth-order valence-electron chi connectivity index (χ4n) is 2.33. The summed E-state index contributed by atoms with van der Waals surface area (Å²) in [6, 6.07) is 22.6. The number of rotatable bonds is 3. The van der Waals surface area contributed by atoms with Gasteiger partial charge in [0, 0.05) is 18.3 Å². The van der Waals surface area contributed by atoms with Crippen molar-refractivity contribution < 1.29 is 0 Å². The first kappa shape index (κ1) is 11.6. The summed E-state index contributed by atoms with van der Waals surface area (Å²) >= 11 is 0. The third-order valence-corrected chi connectivity index (χ3v) is 3.24. The molecule has 3 rings (SSSR count). The van der Waals surface area contributed by atoms with Crippen LogP contribution >= 0.6 is 0 Å². The van der Waals surface area contributed by atoms with E-state index in [2.05, 4.69) is 41.0 Å². The Morgan fingerprint density at radius 3 is 2.11 bits per heavy atom. The minimum Gasteiger partial charge on any atom is -0.397 e. The van der Waals surface area contributed by atoms with Crippen molar-refractivity contribution in [2.45, 2.75) is 6.54 Å². The van der Waals surface area contributed by atoms with Crippen molar-refractivity contribution in [1.82, 2.24) is 4.57 Å². The highest BCUT2D eigenvalue weighted by Gasteiger charge is 2.08. The highest BCUT2D eigenvalue weighted by molar-refractivity contribution is 5.73. The third-order valence-electron chi connectivity index (χ3n) is 3.24. The van der Waals surface area contributed by atoms with Crippen molar-refractivity contribution in [1.29, 1.82) is 0 Å². The van der Waals surface area contributed by atoms with Crippen molar-refractivity contribution in [3.8, 4) is 11.3 Å². The Balaban J connectivity index is 2.00. The van der Waals surface area contributed by atoms with E-state index in [9.17, 15) is 0 Å². The van der Waals surface area contributed by atoms with Gasteiger partial charge in [0.05, 0.1) is 11.4 Å². The topological polar surface area (TPSA) is 30.9 Å². The van der Waals surface area contributed by atoms with E-state index in [0.29, 0.717) is 0 Å². The van der Waals surface area contributed by atoms with E-state index >= 15 is 0 Å². The summed E-state index contributed by atoms with van der Waals surface area (Å²) in [6.45, 7) is 0.836. The van der Waals surface area contributed by atoms with Gasteiger partial charge in [-0.25, -0.2) is 0 Å². The van der Waals surface area contributed by atoms with Crippen LogP contribution in [0, 0.1) is 0 Å². The monoisotopic (exact) mass is 248 g/mol. The van der Waals surface area contributed by atoms with Gasteiger partial charge in [0.2, 0.25) is 0 Å². The maximum atomic E-state index is 6.11. The molecule has 0 spiro atoms. The van der Waals surface area contributed by atoms with E-state index < -0.39 is 0 Å². The number of hydrogen-bond acceptors (Lipinski definition) is 1. The fraction of sp³-hybridized carbons (Fsp3) is 0.0588. The Morgan fingerprint density at radius 2 is 1.42 bits per heavy atom. The molecule has 2 N–H and O–H groups in total. The van der Waals surface area contributed by atoms with E-state index in [4.69, 9.17) is 5.73 Å². The molecule has 0 aliphatic rings. The van der Waals surface area contributed by atoms with E-state index in [0.717, 1.165) is 23.5 Å². The molecule has 19 heavy (non-hydrogen) atoms. The molecule has 0 fully saturated rings. The van der Waals surface area contributed by atoms with Gasteiger partial charge in [-0.05, 0) is 11.6 Å².